The molecule has 1 N–H and O–H groups in total. The van der Waals surface area contributed by atoms with E-state index in [1.807, 2.05) is 24.3 Å². The first-order chi connectivity index (χ1) is 17.4. The fourth-order valence-corrected chi connectivity index (χ4v) is 5.61. The van der Waals surface area contributed by atoms with Gasteiger partial charge in [0, 0.05) is 11.4 Å². The van der Waals surface area contributed by atoms with Gasteiger partial charge in [0.05, 0.1) is 16.8 Å². The molecule has 3 aromatic rings. The molecule has 3 atom stereocenters. The zero-order valence-electron chi connectivity index (χ0n) is 21.3. The number of esters is 1. The van der Waals surface area contributed by atoms with E-state index in [1.54, 1.807) is 0 Å². The first kappa shape index (κ1) is 24.2. The lowest BCUT2D eigenvalue weighted by molar-refractivity contribution is -0.125. The third-order valence-electron chi connectivity index (χ3n) is 7.95. The molecule has 2 aliphatic rings. The third-order valence-corrected chi connectivity index (χ3v) is 7.95. The van der Waals surface area contributed by atoms with Crippen LogP contribution in [0.3, 0.4) is 0 Å². The molecule has 1 heterocycles. The first-order valence-electron chi connectivity index (χ1n) is 13.1. The number of benzene rings is 2. The van der Waals surface area contributed by atoms with Crippen LogP contribution in [0.25, 0.3) is 22.6 Å². The van der Waals surface area contributed by atoms with E-state index in [-0.39, 0.29) is 18.6 Å². The number of aromatic nitrogens is 1. The monoisotopic (exact) mass is 482 g/mol. The summed E-state index contributed by atoms with van der Waals surface area (Å²) in [6, 6.07) is 16.2. The fourth-order valence-electron chi connectivity index (χ4n) is 5.61. The minimum absolute atomic E-state index is 0.139. The van der Waals surface area contributed by atoms with E-state index in [0.29, 0.717) is 17.4 Å². The van der Waals surface area contributed by atoms with Gasteiger partial charge in [0.15, 0.2) is 6.61 Å². The molecule has 1 saturated carbocycles. The van der Waals surface area contributed by atoms with Gasteiger partial charge in [0.1, 0.15) is 0 Å². The molecule has 2 aliphatic carbocycles. The van der Waals surface area contributed by atoms with Crippen LogP contribution in [0, 0.1) is 18.8 Å². The molecule has 1 fully saturated rings. The summed E-state index contributed by atoms with van der Waals surface area (Å²) in [5.74, 6) is 0.315. The first-order valence-corrected chi connectivity index (χ1v) is 13.1. The van der Waals surface area contributed by atoms with Crippen molar-refractivity contribution in [3.8, 4) is 0 Å². The van der Waals surface area contributed by atoms with E-state index in [1.165, 1.54) is 12.0 Å². The Balaban J connectivity index is 1.39. The minimum Gasteiger partial charge on any atom is -0.452 e. The molecule has 186 valence electrons. The predicted molar refractivity (Wildman–Crippen MR) is 144 cm³/mol. The molecule has 3 unspecified atom stereocenters. The lowest BCUT2D eigenvalue weighted by Crippen LogP contribution is -2.45. The molecular weight excluding hydrogens is 448 g/mol. The van der Waals surface area contributed by atoms with Crippen molar-refractivity contribution in [3.05, 3.63) is 76.5 Å². The number of pyridine rings is 1. The van der Waals surface area contributed by atoms with Crippen LogP contribution in [0.1, 0.15) is 72.3 Å². The maximum atomic E-state index is 13.4. The summed E-state index contributed by atoms with van der Waals surface area (Å²) < 4.78 is 5.60. The average Bonchev–Trinajstić information content (AvgIpc) is 3.27. The Bertz CT molecular complexity index is 1330. The summed E-state index contributed by atoms with van der Waals surface area (Å²) in [6.07, 6.45) is 6.97. The molecular formula is C31H34N2O3. The number of fused-ring (bicyclic) bond motifs is 2. The summed E-state index contributed by atoms with van der Waals surface area (Å²) in [5.41, 5.74) is 6.51. The Labute approximate surface area is 213 Å². The largest absolute Gasteiger partial charge is 0.452 e. The lowest BCUT2D eigenvalue weighted by Gasteiger charge is -2.34. The number of carbonyl (C=O) groups is 2. The smallest absolute Gasteiger partial charge is 0.339 e. The number of hydrogen-bond donors (Lipinski definition) is 1. The molecule has 2 aromatic carbocycles. The number of nitrogens with zero attached hydrogens (tertiary/aromatic N) is 1. The number of aryl methyl sites for hydroxylation is 1. The maximum Gasteiger partial charge on any atom is 0.339 e. The number of nitrogens with one attached hydrogen (secondary N) is 1. The summed E-state index contributed by atoms with van der Waals surface area (Å²) in [7, 11) is 0. The van der Waals surface area contributed by atoms with E-state index < -0.39 is 5.97 Å². The highest BCUT2D eigenvalue weighted by molar-refractivity contribution is 6.07. The van der Waals surface area contributed by atoms with Gasteiger partial charge in [-0.15, -0.1) is 0 Å². The molecule has 0 spiro atoms. The van der Waals surface area contributed by atoms with E-state index in [0.717, 1.165) is 59.0 Å². The van der Waals surface area contributed by atoms with E-state index in [9.17, 15) is 9.59 Å². The van der Waals surface area contributed by atoms with E-state index in [4.69, 9.17) is 9.72 Å². The topological polar surface area (TPSA) is 68.3 Å². The van der Waals surface area contributed by atoms with Crippen LogP contribution in [-0.2, 0) is 16.0 Å². The van der Waals surface area contributed by atoms with Gasteiger partial charge in [-0.1, -0.05) is 74.7 Å². The van der Waals surface area contributed by atoms with E-state index in [2.05, 4.69) is 56.4 Å². The molecule has 0 saturated heterocycles. The van der Waals surface area contributed by atoms with Crippen LogP contribution in [0.15, 0.2) is 48.5 Å². The standard InChI is InChI=1S/C31H34N2O3/c1-19-11-13-22(14-12-19)17-23-15-16-25-29(24-8-4-5-9-27(24)33-30(23)25)31(35)36-18-28(34)32-26-10-6-7-20(2)21(26)3/h4-5,8-9,11-14,17,20-21,26H,6-7,10,15-16,18H2,1-3H3,(H,32,34). The van der Waals surface area contributed by atoms with Gasteiger partial charge in [-0.2, -0.15) is 0 Å². The van der Waals surface area contributed by atoms with Crippen molar-refractivity contribution in [1.29, 1.82) is 0 Å². The van der Waals surface area contributed by atoms with Crippen molar-refractivity contribution in [2.45, 2.75) is 58.9 Å². The number of carbonyl (C=O) groups excluding carboxylic acids is 2. The summed E-state index contributed by atoms with van der Waals surface area (Å²) in [6.45, 7) is 6.23. The summed E-state index contributed by atoms with van der Waals surface area (Å²) in [4.78, 5) is 31.0. The molecule has 1 aromatic heterocycles. The summed E-state index contributed by atoms with van der Waals surface area (Å²) >= 11 is 0. The van der Waals surface area contributed by atoms with Crippen molar-refractivity contribution in [2.75, 3.05) is 6.61 Å². The molecule has 1 amide bonds. The fraction of sp³-hybridized carbons (Fsp3) is 0.387. The number of hydrogen-bond acceptors (Lipinski definition) is 4. The number of rotatable bonds is 5. The van der Waals surface area contributed by atoms with Crippen molar-refractivity contribution in [3.63, 3.8) is 0 Å². The number of para-hydroxylation sites is 1. The molecule has 0 bridgehead atoms. The summed E-state index contributed by atoms with van der Waals surface area (Å²) in [5, 5.41) is 3.87. The van der Waals surface area contributed by atoms with Crippen LogP contribution in [0.5, 0.6) is 0 Å². The van der Waals surface area contributed by atoms with Crippen molar-refractivity contribution in [1.82, 2.24) is 10.3 Å². The minimum atomic E-state index is -0.457. The SMILES string of the molecule is Cc1ccc(C=C2CCc3c2nc2ccccc2c3C(=O)OCC(=O)NC2CCCC(C)C2C)cc1. The highest BCUT2D eigenvalue weighted by atomic mass is 16.5. The Kier molecular flexibility index (Phi) is 6.90. The second kappa shape index (κ2) is 10.3. The lowest BCUT2D eigenvalue weighted by atomic mass is 9.78. The number of allylic oxidation sites excluding steroid dienone is 1. The Hall–Kier alpha value is -3.47. The molecule has 0 aliphatic heterocycles. The van der Waals surface area contributed by atoms with Crippen LogP contribution in [0.2, 0.25) is 0 Å². The van der Waals surface area contributed by atoms with Crippen LogP contribution >= 0.6 is 0 Å². The molecule has 5 rings (SSSR count). The highest BCUT2D eigenvalue weighted by Gasteiger charge is 2.30. The predicted octanol–water partition coefficient (Wildman–Crippen LogP) is 6.13. The second-order valence-corrected chi connectivity index (χ2v) is 10.4. The van der Waals surface area contributed by atoms with Gasteiger partial charge in [-0.25, -0.2) is 9.78 Å². The number of amides is 1. The molecule has 36 heavy (non-hydrogen) atoms. The maximum absolute atomic E-state index is 13.4. The van der Waals surface area contributed by atoms with Gasteiger partial charge >= 0.3 is 5.97 Å². The average molecular weight is 483 g/mol. The quantitative estimate of drug-likeness (QED) is 0.444. The van der Waals surface area contributed by atoms with Crippen molar-refractivity contribution in [2.24, 2.45) is 11.8 Å². The van der Waals surface area contributed by atoms with Gasteiger partial charge in [-0.3, -0.25) is 4.79 Å². The third kappa shape index (κ3) is 4.92. The van der Waals surface area contributed by atoms with Crippen LogP contribution < -0.4 is 5.32 Å². The molecule has 5 heteroatoms. The Morgan fingerprint density at radius 1 is 1.06 bits per heavy atom. The Morgan fingerprint density at radius 3 is 2.64 bits per heavy atom. The highest BCUT2D eigenvalue weighted by Crippen LogP contribution is 2.38. The van der Waals surface area contributed by atoms with Crippen LogP contribution in [-0.4, -0.2) is 29.5 Å². The zero-order valence-corrected chi connectivity index (χ0v) is 21.3. The van der Waals surface area contributed by atoms with E-state index >= 15 is 0 Å². The van der Waals surface area contributed by atoms with Gasteiger partial charge < -0.3 is 10.1 Å². The van der Waals surface area contributed by atoms with Crippen molar-refractivity contribution < 1.29 is 14.3 Å². The normalized spacial score (nSPS) is 22.4. The Morgan fingerprint density at radius 2 is 1.83 bits per heavy atom. The van der Waals surface area contributed by atoms with Gasteiger partial charge in [0.25, 0.3) is 5.91 Å². The molecule has 5 nitrogen and oxygen atoms in total. The van der Waals surface area contributed by atoms with Crippen LogP contribution in [0.4, 0.5) is 0 Å². The second-order valence-electron chi connectivity index (χ2n) is 10.4. The van der Waals surface area contributed by atoms with Crippen molar-refractivity contribution >= 4 is 34.4 Å². The zero-order chi connectivity index (χ0) is 25.2. The molecule has 0 radical (unpaired) electrons. The van der Waals surface area contributed by atoms with Gasteiger partial charge in [-0.05, 0) is 66.9 Å². The van der Waals surface area contributed by atoms with Gasteiger partial charge in [0.2, 0.25) is 0 Å². The number of ether oxygens (including phenoxy) is 1.